The molecule has 0 fully saturated rings. The zero-order chi connectivity index (χ0) is 25.9. The van der Waals surface area contributed by atoms with Gasteiger partial charge in [0.05, 0.1) is 12.9 Å². The van der Waals surface area contributed by atoms with Crippen LogP contribution in [0.25, 0.3) is 22.5 Å². The number of rotatable bonds is 7. The van der Waals surface area contributed by atoms with Crippen LogP contribution in [0.5, 0.6) is 0 Å². The van der Waals surface area contributed by atoms with Gasteiger partial charge in [-0.1, -0.05) is 87.1 Å². The van der Waals surface area contributed by atoms with Crippen molar-refractivity contribution in [2.45, 2.75) is 31.3 Å². The summed E-state index contributed by atoms with van der Waals surface area (Å²) in [5.41, 5.74) is 4.24. The highest BCUT2D eigenvalue weighted by molar-refractivity contribution is 7.99. The molecule has 0 radical (unpaired) electrons. The van der Waals surface area contributed by atoms with E-state index in [-0.39, 0.29) is 17.1 Å². The number of esters is 1. The first kappa shape index (κ1) is 25.7. The summed E-state index contributed by atoms with van der Waals surface area (Å²) in [6, 6.07) is 17.8. The Hall–Kier alpha value is -3.43. The van der Waals surface area contributed by atoms with E-state index in [0.29, 0.717) is 15.7 Å². The van der Waals surface area contributed by atoms with Crippen LogP contribution in [-0.2, 0) is 22.0 Å². The third-order valence-electron chi connectivity index (χ3n) is 5.69. The molecule has 186 valence electrons. The van der Waals surface area contributed by atoms with E-state index in [0.717, 1.165) is 22.5 Å². The highest BCUT2D eigenvalue weighted by Gasteiger charge is 2.23. The standard InChI is InChI=1S/C27H28N4O3S2/c1-27(2,3)19-13-11-18(12-14-19)23-29-30-26(31(23)4)36-16-21(32)28-24-22(25(33)34-5)20(15-35-24)17-9-7-6-8-10-17/h6-15H,16H2,1-5H3,(H,28,32). The first-order valence-electron chi connectivity index (χ1n) is 11.4. The maximum absolute atomic E-state index is 12.8. The maximum atomic E-state index is 12.8. The fraction of sp³-hybridized carbons (Fsp3) is 0.259. The number of carbonyl (C=O) groups is 2. The molecule has 0 aliphatic heterocycles. The number of amides is 1. The molecule has 0 aliphatic rings. The molecule has 0 atom stereocenters. The van der Waals surface area contributed by atoms with Gasteiger partial charge in [0.2, 0.25) is 5.91 Å². The number of thiophene rings is 1. The number of benzene rings is 2. The number of carbonyl (C=O) groups excluding carboxylic acids is 2. The maximum Gasteiger partial charge on any atom is 0.341 e. The number of nitrogens with zero attached hydrogens (tertiary/aromatic N) is 3. The van der Waals surface area contributed by atoms with E-state index >= 15 is 0 Å². The lowest BCUT2D eigenvalue weighted by Crippen LogP contribution is -2.16. The number of hydrogen-bond donors (Lipinski definition) is 1. The predicted molar refractivity (Wildman–Crippen MR) is 146 cm³/mol. The summed E-state index contributed by atoms with van der Waals surface area (Å²) in [6.45, 7) is 6.53. The highest BCUT2D eigenvalue weighted by Crippen LogP contribution is 2.36. The minimum Gasteiger partial charge on any atom is -0.465 e. The van der Waals surface area contributed by atoms with E-state index in [4.69, 9.17) is 4.74 Å². The van der Waals surface area contributed by atoms with Crippen LogP contribution in [-0.4, -0.2) is 39.5 Å². The Bertz CT molecular complexity index is 1370. The molecule has 36 heavy (non-hydrogen) atoms. The molecule has 0 saturated carbocycles. The molecule has 1 amide bonds. The molecule has 0 spiro atoms. The zero-order valence-electron chi connectivity index (χ0n) is 20.9. The Balaban J connectivity index is 1.46. The zero-order valence-corrected chi connectivity index (χ0v) is 22.5. The molecule has 2 aromatic heterocycles. The van der Waals surface area contributed by atoms with E-state index in [1.807, 2.05) is 59.5 Å². The quantitative estimate of drug-likeness (QED) is 0.237. The fourth-order valence-electron chi connectivity index (χ4n) is 3.69. The van der Waals surface area contributed by atoms with Crippen molar-refractivity contribution in [3.63, 3.8) is 0 Å². The van der Waals surface area contributed by atoms with Crippen molar-refractivity contribution in [1.29, 1.82) is 0 Å². The van der Waals surface area contributed by atoms with E-state index in [1.54, 1.807) is 0 Å². The van der Waals surface area contributed by atoms with Gasteiger partial charge >= 0.3 is 5.97 Å². The monoisotopic (exact) mass is 520 g/mol. The van der Waals surface area contributed by atoms with Crippen molar-refractivity contribution in [1.82, 2.24) is 14.8 Å². The van der Waals surface area contributed by atoms with Crippen LogP contribution in [0.1, 0.15) is 36.7 Å². The number of anilines is 1. The van der Waals surface area contributed by atoms with E-state index in [1.165, 1.54) is 35.8 Å². The Morgan fingerprint density at radius 1 is 1.03 bits per heavy atom. The molecule has 9 heteroatoms. The van der Waals surface area contributed by atoms with E-state index in [9.17, 15) is 9.59 Å². The van der Waals surface area contributed by atoms with Crippen LogP contribution in [0, 0.1) is 0 Å². The van der Waals surface area contributed by atoms with E-state index in [2.05, 4.69) is 48.4 Å². The molecule has 0 unspecified atom stereocenters. The molecular weight excluding hydrogens is 492 g/mol. The van der Waals surface area contributed by atoms with Gasteiger partial charge in [0, 0.05) is 23.6 Å². The number of nitrogens with one attached hydrogen (secondary N) is 1. The van der Waals surface area contributed by atoms with Crippen LogP contribution < -0.4 is 5.32 Å². The van der Waals surface area contributed by atoms with Crippen molar-refractivity contribution in [3.8, 4) is 22.5 Å². The second-order valence-electron chi connectivity index (χ2n) is 9.24. The Morgan fingerprint density at radius 2 is 1.72 bits per heavy atom. The SMILES string of the molecule is COC(=O)c1c(-c2ccccc2)csc1NC(=O)CSc1nnc(-c2ccc(C(C)(C)C)cc2)n1C. The average molecular weight is 521 g/mol. The minimum atomic E-state index is -0.492. The smallest absolute Gasteiger partial charge is 0.341 e. The topological polar surface area (TPSA) is 86.1 Å². The van der Waals surface area contributed by atoms with Gasteiger partial charge < -0.3 is 14.6 Å². The molecular formula is C27H28N4O3S2. The largest absolute Gasteiger partial charge is 0.465 e. The minimum absolute atomic E-state index is 0.0744. The number of methoxy groups -OCH3 is 1. The van der Waals surface area contributed by atoms with Crippen LogP contribution in [0.3, 0.4) is 0 Å². The Labute approximate surface area is 218 Å². The number of thioether (sulfide) groups is 1. The summed E-state index contributed by atoms with van der Waals surface area (Å²) in [5, 5.41) is 14.4. The Morgan fingerprint density at radius 3 is 2.36 bits per heavy atom. The first-order chi connectivity index (χ1) is 17.2. The highest BCUT2D eigenvalue weighted by atomic mass is 32.2. The molecule has 0 bridgehead atoms. The van der Waals surface area contributed by atoms with Gasteiger partial charge in [-0.2, -0.15) is 0 Å². The molecule has 0 aliphatic carbocycles. The second kappa shape index (κ2) is 10.7. The summed E-state index contributed by atoms with van der Waals surface area (Å²) in [7, 11) is 3.21. The van der Waals surface area contributed by atoms with Crippen LogP contribution in [0.2, 0.25) is 0 Å². The molecule has 2 heterocycles. The Kier molecular flexibility index (Phi) is 7.61. The van der Waals surface area contributed by atoms with Crippen molar-refractivity contribution >= 4 is 40.0 Å². The van der Waals surface area contributed by atoms with Crippen molar-refractivity contribution in [2.24, 2.45) is 7.05 Å². The van der Waals surface area contributed by atoms with Gasteiger partial charge in [-0.25, -0.2) is 4.79 Å². The van der Waals surface area contributed by atoms with Gasteiger partial charge in [-0.3, -0.25) is 4.79 Å². The third-order valence-corrected chi connectivity index (χ3v) is 7.61. The van der Waals surface area contributed by atoms with Crippen LogP contribution in [0.15, 0.2) is 65.1 Å². The molecule has 2 aromatic carbocycles. The molecule has 0 saturated heterocycles. The average Bonchev–Trinajstić information content (AvgIpc) is 3.45. The summed E-state index contributed by atoms with van der Waals surface area (Å²) in [4.78, 5) is 25.3. The van der Waals surface area contributed by atoms with Gasteiger partial charge in [-0.05, 0) is 16.5 Å². The van der Waals surface area contributed by atoms with E-state index < -0.39 is 5.97 Å². The van der Waals surface area contributed by atoms with Crippen LogP contribution in [0.4, 0.5) is 5.00 Å². The van der Waals surface area contributed by atoms with Crippen molar-refractivity contribution in [2.75, 3.05) is 18.2 Å². The summed E-state index contributed by atoms with van der Waals surface area (Å²) in [5.74, 6) is 0.116. The van der Waals surface area contributed by atoms with Gasteiger partial charge in [0.1, 0.15) is 10.6 Å². The predicted octanol–water partition coefficient (Wildman–Crippen LogP) is 6.03. The lowest BCUT2D eigenvalue weighted by atomic mass is 9.87. The first-order valence-corrected chi connectivity index (χ1v) is 13.2. The summed E-state index contributed by atoms with van der Waals surface area (Å²) < 4.78 is 6.86. The molecule has 7 nitrogen and oxygen atoms in total. The summed E-state index contributed by atoms with van der Waals surface area (Å²) >= 11 is 2.58. The lowest BCUT2D eigenvalue weighted by molar-refractivity contribution is -0.113. The second-order valence-corrected chi connectivity index (χ2v) is 11.1. The fourth-order valence-corrected chi connectivity index (χ4v) is 5.37. The van der Waals surface area contributed by atoms with Gasteiger partial charge in [0.25, 0.3) is 0 Å². The van der Waals surface area contributed by atoms with Crippen molar-refractivity contribution < 1.29 is 14.3 Å². The summed E-state index contributed by atoms with van der Waals surface area (Å²) in [6.07, 6.45) is 0. The normalized spacial score (nSPS) is 11.4. The molecule has 4 aromatic rings. The van der Waals surface area contributed by atoms with Crippen molar-refractivity contribution in [3.05, 3.63) is 71.1 Å². The molecule has 4 rings (SSSR count). The number of hydrogen-bond acceptors (Lipinski definition) is 7. The van der Waals surface area contributed by atoms with Gasteiger partial charge in [0.15, 0.2) is 11.0 Å². The molecule has 1 N–H and O–H groups in total. The van der Waals surface area contributed by atoms with Crippen LogP contribution >= 0.6 is 23.1 Å². The third kappa shape index (κ3) is 5.52. The van der Waals surface area contributed by atoms with Gasteiger partial charge in [-0.15, -0.1) is 21.5 Å². The number of aromatic nitrogens is 3. The lowest BCUT2D eigenvalue weighted by Gasteiger charge is -2.19. The number of ether oxygens (including phenoxy) is 1.